The molecule has 0 radical (unpaired) electrons. The molecule has 0 saturated heterocycles. The van der Waals surface area contributed by atoms with E-state index in [9.17, 15) is 8.42 Å². The lowest BCUT2D eigenvalue weighted by atomic mass is 9.76. The summed E-state index contributed by atoms with van der Waals surface area (Å²) in [6.45, 7) is 4.32. The highest BCUT2D eigenvalue weighted by Gasteiger charge is 2.34. The number of sulfonamides is 1. The SMILES string of the molecule is CN(C1CCC(C)(C)CC1)S(=O)(=O)c1ccc(CO)cn1. The molecule has 0 atom stereocenters. The molecule has 5 nitrogen and oxygen atoms in total. The molecule has 0 amide bonds. The van der Waals surface area contributed by atoms with Gasteiger partial charge in [-0.15, -0.1) is 0 Å². The van der Waals surface area contributed by atoms with Gasteiger partial charge in [0.25, 0.3) is 10.0 Å². The molecule has 0 aromatic carbocycles. The topological polar surface area (TPSA) is 70.5 Å². The van der Waals surface area contributed by atoms with Crippen molar-refractivity contribution in [1.82, 2.24) is 9.29 Å². The Bertz CT molecular complexity index is 571. The van der Waals surface area contributed by atoms with Crippen molar-refractivity contribution in [3.8, 4) is 0 Å². The molecule has 1 heterocycles. The average Bonchev–Trinajstić information content (AvgIpc) is 2.46. The van der Waals surface area contributed by atoms with Crippen LogP contribution in [0.2, 0.25) is 0 Å². The summed E-state index contributed by atoms with van der Waals surface area (Å²) in [5.74, 6) is 0. The fourth-order valence-electron chi connectivity index (χ4n) is 2.75. The van der Waals surface area contributed by atoms with E-state index in [1.165, 1.54) is 16.6 Å². The summed E-state index contributed by atoms with van der Waals surface area (Å²) in [4.78, 5) is 3.98. The van der Waals surface area contributed by atoms with Crippen molar-refractivity contribution in [2.45, 2.75) is 57.2 Å². The molecular formula is C15H24N2O3S. The Kier molecular flexibility index (Phi) is 4.70. The van der Waals surface area contributed by atoms with Gasteiger partial charge in [-0.2, -0.15) is 4.31 Å². The molecule has 1 aliphatic rings. The van der Waals surface area contributed by atoms with E-state index in [0.29, 0.717) is 11.0 Å². The van der Waals surface area contributed by atoms with Crippen molar-refractivity contribution in [3.05, 3.63) is 23.9 Å². The predicted octanol–water partition coefficient (Wildman–Crippen LogP) is 2.16. The van der Waals surface area contributed by atoms with Gasteiger partial charge in [-0.1, -0.05) is 19.9 Å². The minimum Gasteiger partial charge on any atom is -0.392 e. The first kappa shape index (κ1) is 16.4. The van der Waals surface area contributed by atoms with E-state index in [2.05, 4.69) is 18.8 Å². The first-order valence-corrected chi connectivity index (χ1v) is 8.74. The second-order valence-corrected chi connectivity index (χ2v) is 8.52. The molecule has 1 saturated carbocycles. The summed E-state index contributed by atoms with van der Waals surface area (Å²) >= 11 is 0. The monoisotopic (exact) mass is 312 g/mol. The molecule has 1 fully saturated rings. The molecule has 6 heteroatoms. The van der Waals surface area contributed by atoms with Gasteiger partial charge < -0.3 is 5.11 Å². The molecule has 1 aliphatic carbocycles. The van der Waals surface area contributed by atoms with Crippen LogP contribution in [-0.2, 0) is 16.6 Å². The van der Waals surface area contributed by atoms with Crippen LogP contribution in [0.3, 0.4) is 0 Å². The van der Waals surface area contributed by atoms with Crippen LogP contribution in [0.15, 0.2) is 23.4 Å². The molecule has 118 valence electrons. The van der Waals surface area contributed by atoms with Gasteiger partial charge in [-0.3, -0.25) is 0 Å². The lowest BCUT2D eigenvalue weighted by Crippen LogP contribution is -2.41. The predicted molar refractivity (Wildman–Crippen MR) is 81.1 cm³/mol. The second kappa shape index (κ2) is 6.02. The van der Waals surface area contributed by atoms with Gasteiger partial charge in [0, 0.05) is 19.3 Å². The summed E-state index contributed by atoms with van der Waals surface area (Å²) in [6, 6.07) is 3.10. The van der Waals surface area contributed by atoms with Gasteiger partial charge in [-0.05, 0) is 42.7 Å². The Morgan fingerprint density at radius 3 is 2.43 bits per heavy atom. The average molecular weight is 312 g/mol. The standard InChI is InChI=1S/C15H24N2O3S/c1-15(2)8-6-13(7-9-15)17(3)21(19,20)14-5-4-12(11-18)10-16-14/h4-5,10,13,18H,6-9,11H2,1-3H3. The molecule has 2 rings (SSSR count). The van der Waals surface area contributed by atoms with E-state index in [4.69, 9.17) is 5.11 Å². The Hall–Kier alpha value is -0.980. The quantitative estimate of drug-likeness (QED) is 0.925. The molecule has 1 aromatic rings. The fourth-order valence-corrected chi connectivity index (χ4v) is 4.07. The third kappa shape index (κ3) is 3.62. The van der Waals surface area contributed by atoms with Crippen LogP contribution in [0.5, 0.6) is 0 Å². The Morgan fingerprint density at radius 1 is 1.33 bits per heavy atom. The van der Waals surface area contributed by atoms with E-state index in [0.717, 1.165) is 25.7 Å². The summed E-state index contributed by atoms with van der Waals surface area (Å²) in [7, 11) is -1.92. The lowest BCUT2D eigenvalue weighted by molar-refractivity contribution is 0.174. The molecule has 21 heavy (non-hydrogen) atoms. The Labute approximate surface area is 127 Å². The van der Waals surface area contributed by atoms with Crippen molar-refractivity contribution < 1.29 is 13.5 Å². The van der Waals surface area contributed by atoms with Crippen molar-refractivity contribution in [3.63, 3.8) is 0 Å². The summed E-state index contributed by atoms with van der Waals surface area (Å²) in [6.07, 6.45) is 5.25. The molecule has 0 unspecified atom stereocenters. The van der Waals surface area contributed by atoms with Gasteiger partial charge in [-0.25, -0.2) is 13.4 Å². The van der Waals surface area contributed by atoms with Crippen LogP contribution < -0.4 is 0 Å². The maximum absolute atomic E-state index is 12.6. The van der Waals surface area contributed by atoms with Gasteiger partial charge in [0.05, 0.1) is 6.61 Å². The van der Waals surface area contributed by atoms with Crippen molar-refractivity contribution in [1.29, 1.82) is 0 Å². The van der Waals surface area contributed by atoms with E-state index >= 15 is 0 Å². The zero-order valence-electron chi connectivity index (χ0n) is 12.9. The smallest absolute Gasteiger partial charge is 0.260 e. The van der Waals surface area contributed by atoms with Crippen LogP contribution in [-0.4, -0.2) is 35.9 Å². The zero-order chi connectivity index (χ0) is 15.7. The highest BCUT2D eigenvalue weighted by molar-refractivity contribution is 7.89. The van der Waals surface area contributed by atoms with Crippen molar-refractivity contribution in [2.24, 2.45) is 5.41 Å². The van der Waals surface area contributed by atoms with Crippen LogP contribution in [0, 0.1) is 5.41 Å². The van der Waals surface area contributed by atoms with Crippen molar-refractivity contribution in [2.75, 3.05) is 7.05 Å². The summed E-state index contributed by atoms with van der Waals surface area (Å²) < 4.78 is 26.6. The van der Waals surface area contributed by atoms with Gasteiger partial charge in [0.2, 0.25) is 0 Å². The Balaban J connectivity index is 2.15. The fraction of sp³-hybridized carbons (Fsp3) is 0.667. The van der Waals surface area contributed by atoms with E-state index < -0.39 is 10.0 Å². The number of aromatic nitrogens is 1. The third-order valence-electron chi connectivity index (χ3n) is 4.45. The number of nitrogens with zero attached hydrogens (tertiary/aromatic N) is 2. The van der Waals surface area contributed by atoms with Crippen LogP contribution in [0.1, 0.15) is 45.1 Å². The first-order chi connectivity index (χ1) is 9.76. The minimum atomic E-state index is -3.56. The van der Waals surface area contributed by atoms with E-state index in [1.807, 2.05) is 0 Å². The number of pyridine rings is 1. The van der Waals surface area contributed by atoms with E-state index in [-0.39, 0.29) is 17.7 Å². The third-order valence-corrected chi connectivity index (χ3v) is 6.27. The molecule has 1 aromatic heterocycles. The molecule has 1 N–H and O–H groups in total. The molecule has 0 aliphatic heterocycles. The summed E-state index contributed by atoms with van der Waals surface area (Å²) in [5.41, 5.74) is 0.915. The van der Waals surface area contributed by atoms with Crippen LogP contribution in [0.4, 0.5) is 0 Å². The van der Waals surface area contributed by atoms with Crippen LogP contribution in [0.25, 0.3) is 0 Å². The first-order valence-electron chi connectivity index (χ1n) is 7.30. The highest BCUT2D eigenvalue weighted by Crippen LogP contribution is 2.37. The number of aliphatic hydroxyl groups excluding tert-OH is 1. The zero-order valence-corrected chi connectivity index (χ0v) is 13.7. The minimum absolute atomic E-state index is 0.0438. The highest BCUT2D eigenvalue weighted by atomic mass is 32.2. The maximum atomic E-state index is 12.6. The van der Waals surface area contributed by atoms with Gasteiger partial charge in [0.1, 0.15) is 0 Å². The Morgan fingerprint density at radius 2 is 1.95 bits per heavy atom. The summed E-state index contributed by atoms with van der Waals surface area (Å²) in [5, 5.41) is 9.04. The largest absolute Gasteiger partial charge is 0.392 e. The lowest BCUT2D eigenvalue weighted by Gasteiger charge is -2.37. The van der Waals surface area contributed by atoms with Gasteiger partial charge in [0.15, 0.2) is 5.03 Å². The second-order valence-electron chi connectivity index (χ2n) is 6.58. The number of rotatable bonds is 4. The number of hydrogen-bond donors (Lipinski definition) is 1. The molecule has 0 bridgehead atoms. The maximum Gasteiger partial charge on any atom is 0.260 e. The van der Waals surface area contributed by atoms with Crippen LogP contribution >= 0.6 is 0 Å². The number of aliphatic hydroxyl groups is 1. The van der Waals surface area contributed by atoms with E-state index in [1.54, 1.807) is 13.1 Å². The van der Waals surface area contributed by atoms with Crippen molar-refractivity contribution >= 4 is 10.0 Å². The normalized spacial score (nSPS) is 19.9. The van der Waals surface area contributed by atoms with Gasteiger partial charge >= 0.3 is 0 Å². The number of hydrogen-bond acceptors (Lipinski definition) is 4. The molecule has 0 spiro atoms. The molecular weight excluding hydrogens is 288 g/mol.